The van der Waals surface area contributed by atoms with Gasteiger partial charge in [-0.2, -0.15) is 0 Å². The van der Waals surface area contributed by atoms with Gasteiger partial charge >= 0.3 is 0 Å². The third kappa shape index (κ3) is 4.51. The van der Waals surface area contributed by atoms with Crippen LogP contribution in [0.2, 0.25) is 0 Å². The van der Waals surface area contributed by atoms with Crippen LogP contribution in [0.15, 0.2) is 180 Å². The summed E-state index contributed by atoms with van der Waals surface area (Å²) >= 11 is 1.75. The Morgan fingerprint density at radius 2 is 1.05 bits per heavy atom. The molecule has 0 atom stereocenters. The van der Waals surface area contributed by atoms with Crippen LogP contribution in [0.5, 0.6) is 0 Å². The molecule has 0 saturated carbocycles. The summed E-state index contributed by atoms with van der Waals surface area (Å²) < 4.78 is 11.6. The molecule has 0 N–H and O–H groups in total. The van der Waals surface area contributed by atoms with Crippen molar-refractivity contribution in [3.63, 3.8) is 0 Å². The van der Waals surface area contributed by atoms with Gasteiger partial charge in [-0.05, 0) is 57.3 Å². The van der Waals surface area contributed by atoms with Crippen molar-refractivity contribution in [1.29, 1.82) is 0 Å². The number of fused-ring (bicyclic) bond motifs is 13. The number of benzene rings is 8. The summed E-state index contributed by atoms with van der Waals surface area (Å²) in [7, 11) is 0. The van der Waals surface area contributed by atoms with Gasteiger partial charge < -0.3 is 4.42 Å². The maximum atomic E-state index is 7.05. The van der Waals surface area contributed by atoms with Crippen molar-refractivity contribution < 1.29 is 4.42 Å². The van der Waals surface area contributed by atoms with Gasteiger partial charge in [-0.3, -0.25) is 4.57 Å². The van der Waals surface area contributed by atoms with Crippen LogP contribution in [0, 0.1) is 0 Å². The molecule has 4 heterocycles. The van der Waals surface area contributed by atoms with E-state index in [-0.39, 0.29) is 0 Å². The molecule has 0 amide bonds. The molecule has 0 bridgehead atoms. The standard InChI is InChI=1S/C50H29N3OS/c1-4-14-30(15-5-1)33-25-27-41-39(28-33)44-36-21-11-10-20-35(36)43-37-26-24-34(31-16-6-2-7-17-31)29-40(37)53(47(43)48(44)54-41)50-51-45(32-18-8-3-9-19-32)49-46(52-50)38-22-12-13-23-42(38)55-49/h1-29H. The zero-order chi connectivity index (χ0) is 36.0. The van der Waals surface area contributed by atoms with Crippen LogP contribution in [-0.2, 0) is 0 Å². The Bertz CT molecular complexity index is 3470. The molecule has 256 valence electrons. The van der Waals surface area contributed by atoms with E-state index in [1.165, 1.54) is 15.6 Å². The normalized spacial score (nSPS) is 12.0. The van der Waals surface area contributed by atoms with Crippen molar-refractivity contribution in [2.45, 2.75) is 0 Å². The molecule has 0 aliphatic rings. The van der Waals surface area contributed by atoms with E-state index >= 15 is 0 Å². The van der Waals surface area contributed by atoms with E-state index in [9.17, 15) is 0 Å². The zero-order valence-corrected chi connectivity index (χ0v) is 30.2. The fourth-order valence-corrected chi connectivity index (χ4v) is 9.68. The largest absolute Gasteiger partial charge is 0.454 e. The molecule has 0 unspecified atom stereocenters. The molecule has 8 aromatic carbocycles. The van der Waals surface area contributed by atoms with Crippen molar-refractivity contribution in [1.82, 2.24) is 14.5 Å². The van der Waals surface area contributed by atoms with Crippen LogP contribution >= 0.6 is 11.3 Å². The van der Waals surface area contributed by atoms with Crippen LogP contribution in [0.3, 0.4) is 0 Å². The van der Waals surface area contributed by atoms with Gasteiger partial charge in [0, 0.05) is 37.2 Å². The third-order valence-electron chi connectivity index (χ3n) is 11.0. The minimum Gasteiger partial charge on any atom is -0.454 e. The Balaban J connectivity index is 1.29. The fourth-order valence-electron chi connectivity index (χ4n) is 8.53. The van der Waals surface area contributed by atoms with E-state index in [1.807, 2.05) is 0 Å². The van der Waals surface area contributed by atoms with E-state index in [0.29, 0.717) is 5.95 Å². The average Bonchev–Trinajstić information content (AvgIpc) is 3.94. The van der Waals surface area contributed by atoms with Gasteiger partial charge in [-0.25, -0.2) is 9.97 Å². The first-order chi connectivity index (χ1) is 27.3. The predicted octanol–water partition coefficient (Wildman–Crippen LogP) is 14.0. The molecular formula is C50H29N3OS. The smallest absolute Gasteiger partial charge is 0.236 e. The van der Waals surface area contributed by atoms with Crippen molar-refractivity contribution >= 4 is 86.2 Å². The minimum atomic E-state index is 0.613. The zero-order valence-electron chi connectivity index (χ0n) is 29.4. The summed E-state index contributed by atoms with van der Waals surface area (Å²) in [6.07, 6.45) is 0. The van der Waals surface area contributed by atoms with E-state index in [2.05, 4.69) is 180 Å². The Morgan fingerprint density at radius 1 is 0.455 bits per heavy atom. The number of aromatic nitrogens is 3. The molecule has 4 aromatic heterocycles. The fraction of sp³-hybridized carbons (Fsp3) is 0. The second kappa shape index (κ2) is 11.7. The van der Waals surface area contributed by atoms with Crippen LogP contribution in [0.4, 0.5) is 0 Å². The third-order valence-corrected chi connectivity index (χ3v) is 12.2. The first-order valence-electron chi connectivity index (χ1n) is 18.5. The summed E-state index contributed by atoms with van der Waals surface area (Å²) in [6.45, 7) is 0. The van der Waals surface area contributed by atoms with E-state index in [1.54, 1.807) is 11.3 Å². The van der Waals surface area contributed by atoms with Gasteiger partial charge in [0.1, 0.15) is 11.1 Å². The second-order valence-corrected chi connectivity index (χ2v) is 15.2. The lowest BCUT2D eigenvalue weighted by atomic mass is 9.96. The van der Waals surface area contributed by atoms with Gasteiger partial charge in [-0.15, -0.1) is 11.3 Å². The van der Waals surface area contributed by atoms with Gasteiger partial charge in [0.25, 0.3) is 0 Å². The average molecular weight is 720 g/mol. The van der Waals surface area contributed by atoms with Crippen molar-refractivity contribution in [3.05, 3.63) is 176 Å². The van der Waals surface area contributed by atoms with Crippen LogP contribution in [-0.4, -0.2) is 14.5 Å². The number of furan rings is 1. The quantitative estimate of drug-likeness (QED) is 0.182. The number of nitrogens with zero attached hydrogens (tertiary/aromatic N) is 3. The van der Waals surface area contributed by atoms with Gasteiger partial charge in [-0.1, -0.05) is 152 Å². The van der Waals surface area contributed by atoms with Crippen molar-refractivity contribution in [2.24, 2.45) is 0 Å². The van der Waals surface area contributed by atoms with Crippen LogP contribution in [0.25, 0.3) is 114 Å². The number of hydrogen-bond donors (Lipinski definition) is 0. The molecular weight excluding hydrogens is 691 g/mol. The Hall–Kier alpha value is -7.08. The monoisotopic (exact) mass is 719 g/mol. The van der Waals surface area contributed by atoms with Gasteiger partial charge in [0.15, 0.2) is 5.58 Å². The molecule has 55 heavy (non-hydrogen) atoms. The minimum absolute atomic E-state index is 0.613. The maximum Gasteiger partial charge on any atom is 0.236 e. The molecule has 0 aliphatic heterocycles. The van der Waals surface area contributed by atoms with E-state index in [0.717, 1.165) is 92.7 Å². The molecule has 0 radical (unpaired) electrons. The van der Waals surface area contributed by atoms with Crippen LogP contribution in [0.1, 0.15) is 0 Å². The van der Waals surface area contributed by atoms with Crippen molar-refractivity contribution in [3.8, 4) is 39.5 Å². The lowest BCUT2D eigenvalue weighted by molar-refractivity contribution is 0.671. The molecule has 5 heteroatoms. The molecule has 0 aliphatic carbocycles. The highest BCUT2D eigenvalue weighted by Gasteiger charge is 2.26. The number of thiophene rings is 1. The van der Waals surface area contributed by atoms with Crippen molar-refractivity contribution in [2.75, 3.05) is 0 Å². The lowest BCUT2D eigenvalue weighted by Gasteiger charge is -2.11. The topological polar surface area (TPSA) is 43.9 Å². The predicted molar refractivity (Wildman–Crippen MR) is 230 cm³/mol. The molecule has 4 nitrogen and oxygen atoms in total. The molecule has 0 fully saturated rings. The molecule has 0 spiro atoms. The summed E-state index contributed by atoms with van der Waals surface area (Å²) in [4.78, 5) is 11.0. The Labute approximate surface area is 319 Å². The van der Waals surface area contributed by atoms with Gasteiger partial charge in [0.2, 0.25) is 5.95 Å². The lowest BCUT2D eigenvalue weighted by Crippen LogP contribution is -2.03. The number of rotatable bonds is 4. The van der Waals surface area contributed by atoms with Crippen LogP contribution < -0.4 is 0 Å². The summed E-state index contributed by atoms with van der Waals surface area (Å²) in [5.74, 6) is 0.613. The maximum absolute atomic E-state index is 7.05. The molecule has 12 aromatic rings. The first-order valence-corrected chi connectivity index (χ1v) is 19.3. The van der Waals surface area contributed by atoms with Gasteiger partial charge in [0.05, 0.1) is 21.4 Å². The summed E-state index contributed by atoms with van der Waals surface area (Å²) in [5, 5.41) is 7.88. The first kappa shape index (κ1) is 30.4. The highest BCUT2D eigenvalue weighted by molar-refractivity contribution is 7.26. The summed E-state index contributed by atoms with van der Waals surface area (Å²) in [6, 6.07) is 62.3. The second-order valence-electron chi connectivity index (χ2n) is 14.1. The summed E-state index contributed by atoms with van der Waals surface area (Å²) in [5.41, 5.74) is 11.2. The van der Waals surface area contributed by atoms with E-state index < -0.39 is 0 Å². The molecule has 12 rings (SSSR count). The Morgan fingerprint density at radius 3 is 1.78 bits per heavy atom. The number of hydrogen-bond acceptors (Lipinski definition) is 4. The molecule has 0 saturated heterocycles. The Kier molecular flexibility index (Phi) is 6.47. The SMILES string of the molecule is c1ccc(-c2ccc3oc4c(c3c2)c2ccccc2c2c3ccc(-c5ccccc5)cc3n(-c3nc(-c5ccccc5)c5sc6ccccc6c5n3)c42)cc1. The highest BCUT2D eigenvalue weighted by Crippen LogP contribution is 2.47. The van der Waals surface area contributed by atoms with E-state index in [4.69, 9.17) is 14.4 Å². The highest BCUT2D eigenvalue weighted by atomic mass is 32.1.